The minimum absolute atomic E-state index is 0.269. The van der Waals surface area contributed by atoms with Crippen LogP contribution in [0.3, 0.4) is 0 Å². The Bertz CT molecular complexity index is 333. The third kappa shape index (κ3) is 4.37. The van der Waals surface area contributed by atoms with Gasteiger partial charge < -0.3 is 10.1 Å². The van der Waals surface area contributed by atoms with E-state index in [-0.39, 0.29) is 6.04 Å². The molecular formula is C13H21BrN2O. The van der Waals surface area contributed by atoms with Crippen LogP contribution in [0.5, 0.6) is 0 Å². The molecule has 0 aliphatic heterocycles. The van der Waals surface area contributed by atoms with E-state index in [0.29, 0.717) is 5.92 Å². The fourth-order valence-electron chi connectivity index (χ4n) is 1.88. The minimum Gasteiger partial charge on any atom is -0.385 e. The Morgan fingerprint density at radius 1 is 1.53 bits per heavy atom. The van der Waals surface area contributed by atoms with E-state index in [2.05, 4.69) is 40.1 Å². The highest BCUT2D eigenvalue weighted by atomic mass is 79.9. The zero-order valence-electron chi connectivity index (χ0n) is 10.7. The number of aromatic nitrogens is 1. The first kappa shape index (κ1) is 14.6. The lowest BCUT2D eigenvalue weighted by Gasteiger charge is -2.25. The molecule has 2 atom stereocenters. The van der Waals surface area contributed by atoms with E-state index in [1.165, 1.54) is 0 Å². The average Bonchev–Trinajstić information content (AvgIpc) is 2.34. The first-order chi connectivity index (χ1) is 8.20. The van der Waals surface area contributed by atoms with Crippen molar-refractivity contribution < 1.29 is 4.74 Å². The lowest BCUT2D eigenvalue weighted by Crippen LogP contribution is -2.28. The van der Waals surface area contributed by atoms with E-state index in [1.807, 2.05) is 18.3 Å². The van der Waals surface area contributed by atoms with Gasteiger partial charge in [-0.2, -0.15) is 0 Å². The summed E-state index contributed by atoms with van der Waals surface area (Å²) in [5.41, 5.74) is 1.08. The smallest absolute Gasteiger partial charge is 0.0717 e. The largest absolute Gasteiger partial charge is 0.385 e. The van der Waals surface area contributed by atoms with Crippen molar-refractivity contribution in [3.8, 4) is 0 Å². The van der Waals surface area contributed by atoms with Gasteiger partial charge in [0.2, 0.25) is 0 Å². The SMILES string of the molecule is CCNC(c1ncccc1Br)C(C)CCOC. The second-order valence-electron chi connectivity index (χ2n) is 4.16. The summed E-state index contributed by atoms with van der Waals surface area (Å²) < 4.78 is 6.21. The van der Waals surface area contributed by atoms with Gasteiger partial charge in [0.1, 0.15) is 0 Å². The van der Waals surface area contributed by atoms with E-state index >= 15 is 0 Å². The first-order valence-electron chi connectivity index (χ1n) is 6.03. The second kappa shape index (κ2) is 7.80. The van der Waals surface area contributed by atoms with E-state index in [1.54, 1.807) is 7.11 Å². The number of hydrogen-bond acceptors (Lipinski definition) is 3. The Hall–Kier alpha value is -0.450. The highest BCUT2D eigenvalue weighted by Gasteiger charge is 2.21. The summed E-state index contributed by atoms with van der Waals surface area (Å²) in [6.45, 7) is 6.07. The molecule has 0 saturated heterocycles. The lowest BCUT2D eigenvalue weighted by molar-refractivity contribution is 0.170. The maximum Gasteiger partial charge on any atom is 0.0717 e. The van der Waals surface area contributed by atoms with E-state index < -0.39 is 0 Å². The maximum atomic E-state index is 5.15. The zero-order chi connectivity index (χ0) is 12.7. The summed E-state index contributed by atoms with van der Waals surface area (Å²) in [5, 5.41) is 3.50. The highest BCUT2D eigenvalue weighted by molar-refractivity contribution is 9.10. The molecule has 0 saturated carbocycles. The molecule has 0 amide bonds. The average molecular weight is 301 g/mol. The van der Waals surface area contributed by atoms with Crippen LogP contribution in [0.4, 0.5) is 0 Å². The number of hydrogen-bond donors (Lipinski definition) is 1. The Balaban J connectivity index is 2.81. The zero-order valence-corrected chi connectivity index (χ0v) is 12.3. The van der Waals surface area contributed by atoms with Crippen LogP contribution in [0.1, 0.15) is 32.0 Å². The molecule has 17 heavy (non-hydrogen) atoms. The summed E-state index contributed by atoms with van der Waals surface area (Å²) in [5.74, 6) is 0.487. The first-order valence-corrected chi connectivity index (χ1v) is 6.82. The number of ether oxygens (including phenoxy) is 1. The predicted molar refractivity (Wildman–Crippen MR) is 74.0 cm³/mol. The van der Waals surface area contributed by atoms with Crippen LogP contribution in [0.15, 0.2) is 22.8 Å². The van der Waals surface area contributed by atoms with Crippen molar-refractivity contribution in [3.05, 3.63) is 28.5 Å². The van der Waals surface area contributed by atoms with Crippen LogP contribution in [0.25, 0.3) is 0 Å². The molecule has 1 N–H and O–H groups in total. The van der Waals surface area contributed by atoms with Crippen LogP contribution in [-0.4, -0.2) is 25.2 Å². The Labute approximate surface area is 112 Å². The van der Waals surface area contributed by atoms with Crippen molar-refractivity contribution in [2.24, 2.45) is 5.92 Å². The molecule has 1 aromatic heterocycles. The topological polar surface area (TPSA) is 34.2 Å². The van der Waals surface area contributed by atoms with Gasteiger partial charge in [-0.1, -0.05) is 13.8 Å². The van der Waals surface area contributed by atoms with Crippen LogP contribution in [-0.2, 0) is 4.74 Å². The molecule has 3 nitrogen and oxygen atoms in total. The van der Waals surface area contributed by atoms with Crippen LogP contribution in [0, 0.1) is 5.92 Å². The molecule has 0 spiro atoms. The summed E-state index contributed by atoms with van der Waals surface area (Å²) in [6, 6.07) is 4.25. The van der Waals surface area contributed by atoms with E-state index in [4.69, 9.17) is 4.74 Å². The van der Waals surface area contributed by atoms with Crippen LogP contribution < -0.4 is 5.32 Å². The molecule has 0 bridgehead atoms. The van der Waals surface area contributed by atoms with Gasteiger partial charge in [0, 0.05) is 24.4 Å². The normalized spacial score (nSPS) is 14.6. The fourth-order valence-corrected chi connectivity index (χ4v) is 2.39. The second-order valence-corrected chi connectivity index (χ2v) is 5.02. The van der Waals surface area contributed by atoms with Crippen LogP contribution >= 0.6 is 15.9 Å². The number of pyridine rings is 1. The molecule has 0 aromatic carbocycles. The predicted octanol–water partition coefficient (Wildman–Crippen LogP) is 3.17. The Kier molecular flexibility index (Phi) is 6.70. The molecule has 1 rings (SSSR count). The van der Waals surface area contributed by atoms with Gasteiger partial charge in [-0.05, 0) is 46.9 Å². The number of nitrogens with one attached hydrogen (secondary N) is 1. The molecule has 1 heterocycles. The van der Waals surface area contributed by atoms with Crippen molar-refractivity contribution in [3.63, 3.8) is 0 Å². The molecular weight excluding hydrogens is 280 g/mol. The molecule has 0 fully saturated rings. The minimum atomic E-state index is 0.269. The van der Waals surface area contributed by atoms with E-state index in [0.717, 1.165) is 29.7 Å². The molecule has 0 radical (unpaired) electrons. The van der Waals surface area contributed by atoms with Crippen molar-refractivity contribution in [1.82, 2.24) is 10.3 Å². The number of methoxy groups -OCH3 is 1. The quantitative estimate of drug-likeness (QED) is 0.840. The maximum absolute atomic E-state index is 5.15. The van der Waals surface area contributed by atoms with Gasteiger partial charge in [-0.25, -0.2) is 0 Å². The summed E-state index contributed by atoms with van der Waals surface area (Å²) in [7, 11) is 1.74. The number of halogens is 1. The molecule has 1 aromatic rings. The van der Waals surface area contributed by atoms with Gasteiger partial charge >= 0.3 is 0 Å². The molecule has 96 valence electrons. The van der Waals surface area contributed by atoms with Gasteiger partial charge in [0.05, 0.1) is 11.7 Å². The molecule has 4 heteroatoms. The third-order valence-electron chi connectivity index (χ3n) is 2.85. The van der Waals surface area contributed by atoms with Gasteiger partial charge in [0.15, 0.2) is 0 Å². The van der Waals surface area contributed by atoms with E-state index in [9.17, 15) is 0 Å². The monoisotopic (exact) mass is 300 g/mol. The van der Waals surface area contributed by atoms with Gasteiger partial charge in [-0.15, -0.1) is 0 Å². The summed E-state index contributed by atoms with van der Waals surface area (Å²) in [4.78, 5) is 4.48. The Morgan fingerprint density at radius 2 is 2.29 bits per heavy atom. The van der Waals surface area contributed by atoms with Crippen molar-refractivity contribution in [1.29, 1.82) is 0 Å². The standard InChI is InChI=1S/C13H21BrN2O/c1-4-15-12(10(2)7-9-17-3)13-11(14)6-5-8-16-13/h5-6,8,10,12,15H,4,7,9H2,1-3H3. The third-order valence-corrected chi connectivity index (χ3v) is 3.52. The van der Waals surface area contributed by atoms with Crippen LogP contribution in [0.2, 0.25) is 0 Å². The summed E-state index contributed by atoms with van der Waals surface area (Å²) >= 11 is 3.57. The van der Waals surface area contributed by atoms with Crippen molar-refractivity contribution >= 4 is 15.9 Å². The highest BCUT2D eigenvalue weighted by Crippen LogP contribution is 2.28. The van der Waals surface area contributed by atoms with Gasteiger partial charge in [0.25, 0.3) is 0 Å². The molecule has 0 aliphatic rings. The Morgan fingerprint density at radius 3 is 2.88 bits per heavy atom. The number of nitrogens with zero attached hydrogens (tertiary/aromatic N) is 1. The molecule has 0 aliphatic carbocycles. The molecule has 2 unspecified atom stereocenters. The summed E-state index contributed by atoms with van der Waals surface area (Å²) in [6.07, 6.45) is 2.87. The van der Waals surface area contributed by atoms with Crippen molar-refractivity contribution in [2.75, 3.05) is 20.3 Å². The lowest BCUT2D eigenvalue weighted by atomic mass is 9.95. The fraction of sp³-hybridized carbons (Fsp3) is 0.615. The number of rotatable bonds is 7. The van der Waals surface area contributed by atoms with Crippen molar-refractivity contribution in [2.45, 2.75) is 26.3 Å². The van der Waals surface area contributed by atoms with Gasteiger partial charge in [-0.3, -0.25) is 4.98 Å².